The second-order valence-corrected chi connectivity index (χ2v) is 11.6. The molecule has 0 bridgehead atoms. The maximum Gasteiger partial charge on any atom is 0.264 e. The molecule has 1 saturated heterocycles. The van der Waals surface area contributed by atoms with E-state index in [9.17, 15) is 24.6 Å². The number of hydrogen-bond acceptors (Lipinski definition) is 5. The molecule has 8 heteroatoms. The lowest BCUT2D eigenvalue weighted by Gasteiger charge is -2.36. The van der Waals surface area contributed by atoms with Gasteiger partial charge in [-0.15, -0.1) is 6.58 Å². The van der Waals surface area contributed by atoms with Gasteiger partial charge in [0.15, 0.2) is 5.60 Å². The summed E-state index contributed by atoms with van der Waals surface area (Å²) in [5.74, 6) is -1.17. The van der Waals surface area contributed by atoms with Crippen molar-refractivity contribution in [3.05, 3.63) is 84.0 Å². The minimum Gasteiger partial charge on any atom is -0.394 e. The molecule has 2 aromatic rings. The number of rotatable bonds is 8. The number of hydrogen-bond donors (Lipinski definition) is 2. The van der Waals surface area contributed by atoms with Crippen LogP contribution in [0.15, 0.2) is 67.3 Å². The van der Waals surface area contributed by atoms with Gasteiger partial charge in [0, 0.05) is 49.6 Å². The quantitative estimate of drug-likeness (QED) is 0.462. The van der Waals surface area contributed by atoms with Crippen LogP contribution in [0.1, 0.15) is 62.1 Å². The lowest BCUT2D eigenvalue weighted by molar-refractivity contribution is -0.139. The second kappa shape index (κ2) is 12.6. The van der Waals surface area contributed by atoms with Crippen LogP contribution in [0.4, 0.5) is 11.4 Å². The van der Waals surface area contributed by atoms with Crippen LogP contribution in [-0.4, -0.2) is 58.6 Å². The molecular formula is C34H41N3O5. The van der Waals surface area contributed by atoms with Crippen LogP contribution in [0.5, 0.6) is 0 Å². The first kappa shape index (κ1) is 29.7. The van der Waals surface area contributed by atoms with Crippen molar-refractivity contribution in [2.24, 2.45) is 5.92 Å². The van der Waals surface area contributed by atoms with Crippen LogP contribution >= 0.6 is 0 Å². The Kier molecular flexibility index (Phi) is 8.94. The molecule has 8 nitrogen and oxygen atoms in total. The number of carbonyl (C=O) groups excluding carboxylic acids is 3. The second-order valence-electron chi connectivity index (χ2n) is 11.6. The van der Waals surface area contributed by atoms with Crippen molar-refractivity contribution in [2.75, 3.05) is 29.5 Å². The van der Waals surface area contributed by atoms with Gasteiger partial charge < -0.3 is 24.9 Å². The average molecular weight is 572 g/mol. The molecule has 0 saturated carbocycles. The summed E-state index contributed by atoms with van der Waals surface area (Å²) in [6.45, 7) is 6.71. The van der Waals surface area contributed by atoms with Crippen LogP contribution in [0.2, 0.25) is 0 Å². The van der Waals surface area contributed by atoms with Crippen molar-refractivity contribution in [3.8, 4) is 0 Å². The Morgan fingerprint density at radius 2 is 1.88 bits per heavy atom. The van der Waals surface area contributed by atoms with Gasteiger partial charge in [-0.25, -0.2) is 0 Å². The van der Waals surface area contributed by atoms with Gasteiger partial charge in [-0.3, -0.25) is 14.4 Å². The van der Waals surface area contributed by atoms with Gasteiger partial charge in [0.2, 0.25) is 11.8 Å². The van der Waals surface area contributed by atoms with E-state index in [1.807, 2.05) is 30.3 Å². The summed E-state index contributed by atoms with van der Waals surface area (Å²) in [5.41, 5.74) is 2.09. The predicted octanol–water partition coefficient (Wildman–Crippen LogP) is 4.23. The Morgan fingerprint density at radius 1 is 1.12 bits per heavy atom. The summed E-state index contributed by atoms with van der Waals surface area (Å²) < 4.78 is 0. The summed E-state index contributed by atoms with van der Waals surface area (Å²) in [5, 5.41) is 22.0. The normalized spacial score (nSPS) is 23.4. The van der Waals surface area contributed by atoms with Crippen LogP contribution in [0.3, 0.4) is 0 Å². The summed E-state index contributed by atoms with van der Waals surface area (Å²) in [7, 11) is 0. The monoisotopic (exact) mass is 571 g/mol. The first-order valence-electron chi connectivity index (χ1n) is 15.0. The van der Waals surface area contributed by atoms with E-state index in [0.29, 0.717) is 42.9 Å². The minimum atomic E-state index is -1.86. The van der Waals surface area contributed by atoms with Crippen LogP contribution in [0.25, 0.3) is 0 Å². The zero-order chi connectivity index (χ0) is 29.9. The van der Waals surface area contributed by atoms with E-state index >= 15 is 0 Å². The lowest BCUT2D eigenvalue weighted by atomic mass is 9.82. The SMILES string of the molecule is C=CCN1C(=O)[C@@](O)([C@@H](C)/C=C/CC(=O)N2Cc3ccccc3C[C@H]2CO)c2cc(N3CCCCCCC3=O)ccc21. The summed E-state index contributed by atoms with van der Waals surface area (Å²) in [6, 6.07) is 13.1. The topological polar surface area (TPSA) is 101 Å². The van der Waals surface area contributed by atoms with Gasteiger partial charge in [-0.2, -0.15) is 0 Å². The van der Waals surface area contributed by atoms with Gasteiger partial charge in [0.25, 0.3) is 5.91 Å². The first-order chi connectivity index (χ1) is 20.3. The smallest absolute Gasteiger partial charge is 0.264 e. The zero-order valence-electron chi connectivity index (χ0n) is 24.4. The molecule has 2 N–H and O–H groups in total. The van der Waals surface area contributed by atoms with E-state index in [-0.39, 0.29) is 37.4 Å². The molecule has 0 radical (unpaired) electrons. The zero-order valence-corrected chi connectivity index (χ0v) is 24.4. The third-order valence-corrected chi connectivity index (χ3v) is 8.96. The number of anilines is 2. The van der Waals surface area contributed by atoms with Crippen molar-refractivity contribution < 1.29 is 24.6 Å². The van der Waals surface area contributed by atoms with E-state index in [1.165, 1.54) is 4.90 Å². The standard InChI is InChI=1S/C34H41N3O5/c1-3-18-36-30-17-16-27(35-19-9-5-4-6-14-31(35)39)21-29(30)34(42,33(36)41)24(2)11-10-15-32(40)37-22-26-13-8-7-12-25(26)20-28(37)23-38/h3,7-8,10-13,16-17,21,24,28,38,42H,1,4-6,9,14-15,18-20,22-23H2,2H3/b11-10+/t24-,28-,34+/m0/s1. The minimum absolute atomic E-state index is 0.0541. The Labute approximate surface area is 247 Å². The van der Waals surface area contributed by atoms with Gasteiger partial charge >= 0.3 is 0 Å². The van der Waals surface area contributed by atoms with E-state index in [0.717, 1.165) is 36.8 Å². The fourth-order valence-corrected chi connectivity index (χ4v) is 6.52. The number of aliphatic hydroxyl groups excluding tert-OH is 1. The third-order valence-electron chi connectivity index (χ3n) is 8.96. The van der Waals surface area contributed by atoms with E-state index in [4.69, 9.17) is 0 Å². The Balaban J connectivity index is 1.38. The van der Waals surface area contributed by atoms with E-state index < -0.39 is 17.4 Å². The number of amides is 3. The van der Waals surface area contributed by atoms with Crippen LogP contribution in [0, 0.1) is 5.92 Å². The molecule has 3 aliphatic heterocycles. The summed E-state index contributed by atoms with van der Waals surface area (Å²) in [6.07, 6.45) is 10.1. The molecule has 1 fully saturated rings. The van der Waals surface area contributed by atoms with Gasteiger partial charge in [0.05, 0.1) is 18.3 Å². The van der Waals surface area contributed by atoms with E-state index in [1.54, 1.807) is 47.1 Å². The molecule has 3 amide bonds. The maximum atomic E-state index is 13.7. The highest BCUT2D eigenvalue weighted by molar-refractivity contribution is 6.08. The molecular weight excluding hydrogens is 530 g/mol. The molecule has 0 unspecified atom stereocenters. The Hall–Kier alpha value is -3.75. The lowest BCUT2D eigenvalue weighted by Crippen LogP contribution is -2.46. The molecule has 0 spiro atoms. The highest BCUT2D eigenvalue weighted by Gasteiger charge is 2.52. The largest absolute Gasteiger partial charge is 0.394 e. The van der Waals surface area contributed by atoms with Gasteiger partial charge in [0.1, 0.15) is 0 Å². The predicted molar refractivity (Wildman–Crippen MR) is 163 cm³/mol. The molecule has 222 valence electrons. The summed E-state index contributed by atoms with van der Waals surface area (Å²) >= 11 is 0. The van der Waals surface area contributed by atoms with Gasteiger partial charge in [-0.05, 0) is 48.6 Å². The Morgan fingerprint density at radius 3 is 2.64 bits per heavy atom. The number of nitrogens with zero attached hydrogens (tertiary/aromatic N) is 3. The van der Waals surface area contributed by atoms with E-state index in [2.05, 4.69) is 6.58 Å². The maximum absolute atomic E-state index is 13.7. The van der Waals surface area contributed by atoms with Crippen molar-refractivity contribution in [1.29, 1.82) is 0 Å². The first-order valence-corrected chi connectivity index (χ1v) is 15.0. The number of carbonyl (C=O) groups is 3. The fraction of sp³-hybridized carbons (Fsp3) is 0.441. The highest BCUT2D eigenvalue weighted by atomic mass is 16.3. The van der Waals surface area contributed by atoms with Crippen molar-refractivity contribution in [1.82, 2.24) is 4.90 Å². The fourth-order valence-electron chi connectivity index (χ4n) is 6.52. The highest BCUT2D eigenvalue weighted by Crippen LogP contribution is 2.46. The molecule has 5 rings (SSSR count). The van der Waals surface area contributed by atoms with Crippen molar-refractivity contribution in [2.45, 2.75) is 70.1 Å². The summed E-state index contributed by atoms with van der Waals surface area (Å²) in [4.78, 5) is 44.9. The van der Waals surface area contributed by atoms with Crippen LogP contribution in [-0.2, 0) is 33.0 Å². The number of fused-ring (bicyclic) bond motifs is 2. The average Bonchev–Trinajstić information content (AvgIpc) is 3.20. The molecule has 2 aromatic carbocycles. The van der Waals surface area contributed by atoms with Gasteiger partial charge in [-0.1, -0.05) is 62.3 Å². The Bertz CT molecular complexity index is 1390. The molecule has 3 heterocycles. The number of aliphatic hydroxyl groups is 2. The number of benzene rings is 2. The van der Waals surface area contributed by atoms with Crippen molar-refractivity contribution >= 4 is 29.1 Å². The van der Waals surface area contributed by atoms with Crippen molar-refractivity contribution in [3.63, 3.8) is 0 Å². The molecule has 3 atom stereocenters. The third kappa shape index (κ3) is 5.53. The molecule has 0 aromatic heterocycles. The molecule has 3 aliphatic rings. The molecule has 42 heavy (non-hydrogen) atoms. The van der Waals surface area contributed by atoms with Crippen LogP contribution < -0.4 is 9.80 Å². The molecule has 0 aliphatic carbocycles.